The van der Waals surface area contributed by atoms with Gasteiger partial charge in [0, 0.05) is 7.11 Å². The van der Waals surface area contributed by atoms with Crippen LogP contribution >= 0.6 is 11.3 Å². The highest BCUT2D eigenvalue weighted by Crippen LogP contribution is 2.26. The van der Waals surface area contributed by atoms with E-state index in [9.17, 15) is 5.11 Å². The Labute approximate surface area is 81.4 Å². The molecule has 0 aliphatic rings. The van der Waals surface area contributed by atoms with Crippen molar-refractivity contribution in [3.05, 3.63) is 10.7 Å². The summed E-state index contributed by atoms with van der Waals surface area (Å²) in [5, 5.41) is 10.8. The Bertz CT molecular complexity index is 275. The molecule has 0 bridgehead atoms. The van der Waals surface area contributed by atoms with Crippen LogP contribution in [0, 0.1) is 0 Å². The van der Waals surface area contributed by atoms with E-state index in [0.717, 1.165) is 12.1 Å². The van der Waals surface area contributed by atoms with Crippen LogP contribution in [0.1, 0.15) is 23.7 Å². The van der Waals surface area contributed by atoms with Crippen molar-refractivity contribution in [2.24, 2.45) is 0 Å². The lowest BCUT2D eigenvalue weighted by atomic mass is 10.3. The average Bonchev–Trinajstić information content (AvgIpc) is 2.47. The van der Waals surface area contributed by atoms with Crippen LogP contribution in [0.15, 0.2) is 0 Å². The molecule has 0 radical (unpaired) electrons. The number of aryl methyl sites for hydroxylation is 1. The van der Waals surface area contributed by atoms with Crippen molar-refractivity contribution in [2.75, 3.05) is 19.5 Å². The number of hydrogen-bond acceptors (Lipinski definition) is 5. The monoisotopic (exact) mass is 202 g/mol. The summed E-state index contributed by atoms with van der Waals surface area (Å²) >= 11 is 1.32. The molecule has 0 aliphatic heterocycles. The topological polar surface area (TPSA) is 68.4 Å². The second-order valence-electron chi connectivity index (χ2n) is 2.69. The quantitative estimate of drug-likeness (QED) is 0.763. The summed E-state index contributed by atoms with van der Waals surface area (Å²) in [6.45, 7) is 2.24. The van der Waals surface area contributed by atoms with Gasteiger partial charge in [0.05, 0.1) is 12.3 Å². The molecule has 3 N–H and O–H groups in total. The molecule has 0 amide bonds. The van der Waals surface area contributed by atoms with Crippen molar-refractivity contribution in [1.29, 1.82) is 0 Å². The third kappa shape index (κ3) is 2.40. The lowest BCUT2D eigenvalue weighted by molar-refractivity contribution is 0.0641. The summed E-state index contributed by atoms with van der Waals surface area (Å²) < 4.78 is 4.82. The Hall–Kier alpha value is -0.650. The molecule has 5 heteroatoms. The Morgan fingerprint density at radius 2 is 2.38 bits per heavy atom. The van der Waals surface area contributed by atoms with Gasteiger partial charge in [-0.3, -0.25) is 0 Å². The lowest BCUT2D eigenvalue weighted by Gasteiger charge is -2.03. The summed E-state index contributed by atoms with van der Waals surface area (Å²) in [4.78, 5) is 4.21. The summed E-state index contributed by atoms with van der Waals surface area (Å²) in [5.41, 5.74) is 6.55. The standard InChI is InChI=1S/C8H14N2O2S/c1-3-5-7(9)13-8(10-5)6(11)4-12-2/h6,11H,3-4,9H2,1-2H3. The zero-order valence-electron chi connectivity index (χ0n) is 7.78. The molecule has 0 aromatic carbocycles. The summed E-state index contributed by atoms with van der Waals surface area (Å²) in [5.74, 6) is 0. The minimum absolute atomic E-state index is 0.260. The first-order chi connectivity index (χ1) is 6.19. The number of aromatic nitrogens is 1. The number of nitrogen functional groups attached to an aromatic ring is 1. The van der Waals surface area contributed by atoms with Gasteiger partial charge in [-0.05, 0) is 6.42 Å². The molecule has 1 unspecified atom stereocenters. The van der Waals surface area contributed by atoms with Gasteiger partial charge in [0.25, 0.3) is 0 Å². The van der Waals surface area contributed by atoms with E-state index in [-0.39, 0.29) is 6.61 Å². The molecule has 0 fully saturated rings. The maximum Gasteiger partial charge on any atom is 0.129 e. The molecule has 1 aromatic rings. The number of ether oxygens (including phenoxy) is 1. The predicted molar refractivity (Wildman–Crippen MR) is 52.7 cm³/mol. The lowest BCUT2D eigenvalue weighted by Crippen LogP contribution is -2.04. The molecule has 0 saturated heterocycles. The number of rotatable bonds is 4. The van der Waals surface area contributed by atoms with Gasteiger partial charge in [-0.25, -0.2) is 4.98 Å². The van der Waals surface area contributed by atoms with Gasteiger partial charge in [0.1, 0.15) is 16.1 Å². The molecule has 1 atom stereocenters. The van der Waals surface area contributed by atoms with Crippen LogP contribution in [-0.4, -0.2) is 23.8 Å². The number of anilines is 1. The van der Waals surface area contributed by atoms with E-state index < -0.39 is 6.10 Å². The summed E-state index contributed by atoms with van der Waals surface area (Å²) in [6, 6.07) is 0. The molecule has 1 heterocycles. The summed E-state index contributed by atoms with van der Waals surface area (Å²) in [6.07, 6.45) is 0.139. The van der Waals surface area contributed by atoms with E-state index in [1.165, 1.54) is 11.3 Å². The van der Waals surface area contributed by atoms with Gasteiger partial charge in [-0.1, -0.05) is 18.3 Å². The fourth-order valence-electron chi connectivity index (χ4n) is 1.01. The number of hydrogen-bond donors (Lipinski definition) is 2. The molecule has 1 rings (SSSR count). The van der Waals surface area contributed by atoms with E-state index in [1.54, 1.807) is 7.11 Å². The molecule has 0 spiro atoms. The van der Waals surface area contributed by atoms with Crippen LogP contribution in [0.5, 0.6) is 0 Å². The van der Waals surface area contributed by atoms with Crippen LogP contribution in [0.25, 0.3) is 0 Å². The fraction of sp³-hybridized carbons (Fsp3) is 0.625. The van der Waals surface area contributed by atoms with Crippen LogP contribution in [0.3, 0.4) is 0 Å². The predicted octanol–water partition coefficient (Wildman–Crippen LogP) is 0.968. The van der Waals surface area contributed by atoms with Gasteiger partial charge >= 0.3 is 0 Å². The van der Waals surface area contributed by atoms with Crippen LogP contribution in [-0.2, 0) is 11.2 Å². The van der Waals surface area contributed by atoms with Crippen LogP contribution < -0.4 is 5.73 Å². The largest absolute Gasteiger partial charge is 0.389 e. The Morgan fingerprint density at radius 3 is 2.85 bits per heavy atom. The zero-order chi connectivity index (χ0) is 9.84. The summed E-state index contributed by atoms with van der Waals surface area (Å²) in [7, 11) is 1.54. The van der Waals surface area contributed by atoms with Crippen molar-refractivity contribution in [2.45, 2.75) is 19.4 Å². The van der Waals surface area contributed by atoms with Crippen LogP contribution in [0.4, 0.5) is 5.00 Å². The van der Waals surface area contributed by atoms with E-state index in [0.29, 0.717) is 10.0 Å². The number of thiazole rings is 1. The van der Waals surface area contributed by atoms with Gasteiger partial charge < -0.3 is 15.6 Å². The molecular formula is C8H14N2O2S. The molecule has 13 heavy (non-hydrogen) atoms. The fourth-order valence-corrected chi connectivity index (χ4v) is 1.90. The minimum atomic E-state index is -0.655. The maximum absolute atomic E-state index is 9.52. The molecule has 0 saturated carbocycles. The Morgan fingerprint density at radius 1 is 1.69 bits per heavy atom. The first kappa shape index (κ1) is 10.4. The smallest absolute Gasteiger partial charge is 0.129 e. The van der Waals surface area contributed by atoms with Crippen molar-refractivity contribution in [1.82, 2.24) is 4.98 Å². The second kappa shape index (κ2) is 4.55. The third-order valence-electron chi connectivity index (χ3n) is 1.69. The highest BCUT2D eigenvalue weighted by molar-refractivity contribution is 7.15. The second-order valence-corrected chi connectivity index (χ2v) is 3.75. The number of aliphatic hydroxyl groups excluding tert-OH is 1. The molecule has 1 aromatic heterocycles. The molecular weight excluding hydrogens is 188 g/mol. The van der Waals surface area contributed by atoms with Crippen molar-refractivity contribution < 1.29 is 9.84 Å². The normalized spacial score (nSPS) is 13.2. The first-order valence-corrected chi connectivity index (χ1v) is 4.92. The minimum Gasteiger partial charge on any atom is -0.389 e. The van der Waals surface area contributed by atoms with Crippen LogP contribution in [0.2, 0.25) is 0 Å². The van der Waals surface area contributed by atoms with Gasteiger partial charge in [0.15, 0.2) is 0 Å². The molecule has 4 nitrogen and oxygen atoms in total. The molecule has 74 valence electrons. The van der Waals surface area contributed by atoms with Gasteiger partial charge in [0.2, 0.25) is 0 Å². The highest BCUT2D eigenvalue weighted by Gasteiger charge is 2.14. The number of methoxy groups -OCH3 is 1. The SMILES string of the molecule is CCc1nc(C(O)COC)sc1N. The van der Waals surface area contributed by atoms with Crippen molar-refractivity contribution >= 4 is 16.3 Å². The first-order valence-electron chi connectivity index (χ1n) is 4.11. The van der Waals surface area contributed by atoms with E-state index in [1.807, 2.05) is 6.92 Å². The van der Waals surface area contributed by atoms with Gasteiger partial charge in [-0.15, -0.1) is 0 Å². The van der Waals surface area contributed by atoms with E-state index in [4.69, 9.17) is 10.5 Å². The Balaban J connectivity index is 2.77. The number of nitrogens with zero attached hydrogens (tertiary/aromatic N) is 1. The van der Waals surface area contributed by atoms with E-state index in [2.05, 4.69) is 4.98 Å². The third-order valence-corrected chi connectivity index (χ3v) is 2.72. The number of aliphatic hydroxyl groups is 1. The average molecular weight is 202 g/mol. The van der Waals surface area contributed by atoms with Gasteiger partial charge in [-0.2, -0.15) is 0 Å². The number of nitrogens with two attached hydrogens (primary N) is 1. The Kier molecular flexibility index (Phi) is 3.65. The van der Waals surface area contributed by atoms with Crippen molar-refractivity contribution in [3.63, 3.8) is 0 Å². The zero-order valence-corrected chi connectivity index (χ0v) is 8.60. The highest BCUT2D eigenvalue weighted by atomic mass is 32.1. The maximum atomic E-state index is 9.52. The molecule has 0 aliphatic carbocycles. The van der Waals surface area contributed by atoms with E-state index >= 15 is 0 Å². The van der Waals surface area contributed by atoms with Crippen molar-refractivity contribution in [3.8, 4) is 0 Å².